The van der Waals surface area contributed by atoms with Crippen LogP contribution in [0.5, 0.6) is 0 Å². The van der Waals surface area contributed by atoms with Crippen molar-refractivity contribution in [3.63, 3.8) is 0 Å². The third kappa shape index (κ3) is 3.00. The van der Waals surface area contributed by atoms with Crippen LogP contribution in [0.3, 0.4) is 0 Å². The lowest BCUT2D eigenvalue weighted by Crippen LogP contribution is -2.06. The van der Waals surface area contributed by atoms with Gasteiger partial charge in [0.25, 0.3) is 0 Å². The van der Waals surface area contributed by atoms with Gasteiger partial charge in [-0.2, -0.15) is 0 Å². The molecule has 0 fully saturated rings. The van der Waals surface area contributed by atoms with Crippen LogP contribution in [0.25, 0.3) is 22.2 Å². The van der Waals surface area contributed by atoms with Crippen molar-refractivity contribution >= 4 is 10.9 Å². The molecule has 0 aliphatic heterocycles. The third-order valence-electron chi connectivity index (χ3n) is 3.72. The molecule has 1 N–H and O–H groups in total. The smallest absolute Gasteiger partial charge is 0.118 e. The van der Waals surface area contributed by atoms with Gasteiger partial charge in [-0.25, -0.2) is 4.98 Å². The van der Waals surface area contributed by atoms with E-state index in [9.17, 15) is 5.11 Å². The van der Waals surface area contributed by atoms with Crippen molar-refractivity contribution in [3.05, 3.63) is 65.7 Å². The maximum atomic E-state index is 9.55. The molecule has 2 heteroatoms. The van der Waals surface area contributed by atoms with Crippen molar-refractivity contribution in [2.75, 3.05) is 0 Å². The lowest BCUT2D eigenvalue weighted by atomic mass is 10.0. The molecule has 0 bridgehead atoms. The molecule has 0 radical (unpaired) electrons. The molecule has 22 heavy (non-hydrogen) atoms. The summed E-state index contributed by atoms with van der Waals surface area (Å²) < 4.78 is 0. The molecule has 0 saturated heterocycles. The zero-order valence-electron chi connectivity index (χ0n) is 12.5. The van der Waals surface area contributed by atoms with Gasteiger partial charge in [-0.1, -0.05) is 47.9 Å². The zero-order valence-corrected chi connectivity index (χ0v) is 12.5. The van der Waals surface area contributed by atoms with Crippen LogP contribution in [-0.4, -0.2) is 16.2 Å². The van der Waals surface area contributed by atoms with Crippen LogP contribution in [0.4, 0.5) is 0 Å². The Morgan fingerprint density at radius 1 is 1.09 bits per heavy atom. The standard InChI is InChI=1S/C20H17NO/c1-3-18(22)13-15-6-10-20-17(12-15)9-11-19(21-20)16-7-4-14(2)5-8-16/h1,4-12,18,22H,13H2,2H3. The molecule has 1 heterocycles. The van der Waals surface area contributed by atoms with Crippen LogP contribution in [0.15, 0.2) is 54.6 Å². The Labute approximate surface area is 130 Å². The molecule has 3 rings (SSSR count). The number of pyridine rings is 1. The van der Waals surface area contributed by atoms with Gasteiger partial charge in [0.05, 0.1) is 11.2 Å². The number of aliphatic hydroxyl groups excluding tert-OH is 1. The number of hydrogen-bond donors (Lipinski definition) is 1. The average Bonchev–Trinajstić information content (AvgIpc) is 2.55. The van der Waals surface area contributed by atoms with Crippen LogP contribution in [0, 0.1) is 19.3 Å². The summed E-state index contributed by atoms with van der Waals surface area (Å²) in [6.45, 7) is 2.07. The first-order valence-corrected chi connectivity index (χ1v) is 7.26. The van der Waals surface area contributed by atoms with Gasteiger partial charge in [-0.15, -0.1) is 6.42 Å². The second kappa shape index (κ2) is 6.01. The molecule has 1 aromatic heterocycles. The topological polar surface area (TPSA) is 33.1 Å². The van der Waals surface area contributed by atoms with Gasteiger partial charge in [0.1, 0.15) is 6.10 Å². The van der Waals surface area contributed by atoms with Gasteiger partial charge in [-0.3, -0.25) is 0 Å². The van der Waals surface area contributed by atoms with Gasteiger partial charge in [0.2, 0.25) is 0 Å². The highest BCUT2D eigenvalue weighted by Gasteiger charge is 2.05. The van der Waals surface area contributed by atoms with Crippen molar-refractivity contribution in [3.8, 4) is 23.6 Å². The van der Waals surface area contributed by atoms with E-state index >= 15 is 0 Å². The molecule has 1 unspecified atom stereocenters. The molecule has 3 aromatic rings. The minimum absolute atomic E-state index is 0.464. The number of aryl methyl sites for hydroxylation is 1. The Morgan fingerprint density at radius 3 is 2.59 bits per heavy atom. The number of nitrogens with zero attached hydrogens (tertiary/aromatic N) is 1. The Hall–Kier alpha value is -2.63. The Bertz CT molecular complexity index is 844. The summed E-state index contributed by atoms with van der Waals surface area (Å²) in [4.78, 5) is 4.71. The van der Waals surface area contributed by atoms with Gasteiger partial charge in [0, 0.05) is 17.4 Å². The maximum Gasteiger partial charge on any atom is 0.118 e. The predicted molar refractivity (Wildman–Crippen MR) is 90.5 cm³/mol. The van der Waals surface area contributed by atoms with E-state index in [4.69, 9.17) is 11.4 Å². The van der Waals surface area contributed by atoms with E-state index in [1.807, 2.05) is 24.3 Å². The highest BCUT2D eigenvalue weighted by atomic mass is 16.3. The zero-order chi connectivity index (χ0) is 15.5. The summed E-state index contributed by atoms with van der Waals surface area (Å²) in [5.41, 5.74) is 5.27. The monoisotopic (exact) mass is 287 g/mol. The van der Waals surface area contributed by atoms with Crippen LogP contribution in [0.2, 0.25) is 0 Å². The summed E-state index contributed by atoms with van der Waals surface area (Å²) in [6.07, 6.45) is 4.94. The fraction of sp³-hybridized carbons (Fsp3) is 0.150. The number of benzene rings is 2. The van der Waals surface area contributed by atoms with Crippen LogP contribution in [-0.2, 0) is 6.42 Å². The van der Waals surface area contributed by atoms with E-state index in [1.54, 1.807) is 0 Å². The van der Waals surface area contributed by atoms with Crippen molar-refractivity contribution in [1.29, 1.82) is 0 Å². The molecule has 2 aromatic carbocycles. The number of aromatic nitrogens is 1. The summed E-state index contributed by atoms with van der Waals surface area (Å²) in [5.74, 6) is 2.34. The van der Waals surface area contributed by atoms with E-state index < -0.39 is 6.10 Å². The summed E-state index contributed by atoms with van der Waals surface area (Å²) in [6, 6.07) is 18.4. The molecule has 0 spiro atoms. The van der Waals surface area contributed by atoms with Gasteiger partial charge < -0.3 is 5.11 Å². The maximum absolute atomic E-state index is 9.55. The fourth-order valence-corrected chi connectivity index (χ4v) is 2.47. The van der Waals surface area contributed by atoms with Crippen molar-refractivity contribution in [1.82, 2.24) is 4.98 Å². The van der Waals surface area contributed by atoms with Crippen LogP contribution in [0.1, 0.15) is 11.1 Å². The van der Waals surface area contributed by atoms with Gasteiger partial charge >= 0.3 is 0 Å². The van der Waals surface area contributed by atoms with Crippen LogP contribution >= 0.6 is 0 Å². The Balaban J connectivity index is 1.96. The van der Waals surface area contributed by atoms with Crippen molar-refractivity contribution in [2.45, 2.75) is 19.4 Å². The largest absolute Gasteiger partial charge is 0.380 e. The van der Waals surface area contributed by atoms with Crippen LogP contribution < -0.4 is 0 Å². The summed E-state index contributed by atoms with van der Waals surface area (Å²) in [7, 11) is 0. The van der Waals surface area contributed by atoms with Crippen molar-refractivity contribution < 1.29 is 5.11 Å². The minimum Gasteiger partial charge on any atom is -0.380 e. The third-order valence-corrected chi connectivity index (χ3v) is 3.72. The second-order valence-electron chi connectivity index (χ2n) is 5.48. The van der Waals surface area contributed by atoms with Crippen molar-refractivity contribution in [2.24, 2.45) is 0 Å². The number of hydrogen-bond acceptors (Lipinski definition) is 2. The number of fused-ring (bicyclic) bond motifs is 1. The van der Waals surface area contributed by atoms with Gasteiger partial charge in [-0.05, 0) is 30.7 Å². The SMILES string of the molecule is C#CC(O)Cc1ccc2nc(-c3ccc(C)cc3)ccc2c1. The number of aliphatic hydroxyl groups is 1. The fourth-order valence-electron chi connectivity index (χ4n) is 2.47. The molecule has 0 aliphatic rings. The predicted octanol–water partition coefficient (Wildman–Crippen LogP) is 3.75. The highest BCUT2D eigenvalue weighted by Crippen LogP contribution is 2.22. The molecule has 0 saturated carbocycles. The first-order chi connectivity index (χ1) is 10.7. The number of terminal acetylenes is 1. The first kappa shape index (κ1) is 14.3. The quantitative estimate of drug-likeness (QED) is 0.744. The Morgan fingerprint density at radius 2 is 1.86 bits per heavy atom. The number of rotatable bonds is 3. The minimum atomic E-state index is -0.739. The summed E-state index contributed by atoms with van der Waals surface area (Å²) >= 11 is 0. The normalized spacial score (nSPS) is 12.0. The molecular formula is C20H17NO. The lowest BCUT2D eigenvalue weighted by Gasteiger charge is -2.07. The average molecular weight is 287 g/mol. The second-order valence-corrected chi connectivity index (χ2v) is 5.48. The molecule has 2 nitrogen and oxygen atoms in total. The molecule has 108 valence electrons. The van der Waals surface area contributed by atoms with E-state index in [2.05, 4.69) is 43.2 Å². The Kier molecular flexibility index (Phi) is 3.91. The molecule has 1 atom stereocenters. The van der Waals surface area contributed by atoms with E-state index in [0.29, 0.717) is 6.42 Å². The molecule has 0 amide bonds. The van der Waals surface area contributed by atoms with E-state index in [1.165, 1.54) is 5.56 Å². The van der Waals surface area contributed by atoms with E-state index in [-0.39, 0.29) is 0 Å². The molecular weight excluding hydrogens is 270 g/mol. The first-order valence-electron chi connectivity index (χ1n) is 7.26. The van der Waals surface area contributed by atoms with E-state index in [0.717, 1.165) is 27.7 Å². The lowest BCUT2D eigenvalue weighted by molar-refractivity contribution is 0.233. The molecule has 0 aliphatic carbocycles. The summed E-state index contributed by atoms with van der Waals surface area (Å²) in [5, 5.41) is 10.6. The highest BCUT2D eigenvalue weighted by molar-refractivity contribution is 5.82. The van der Waals surface area contributed by atoms with Gasteiger partial charge in [0.15, 0.2) is 0 Å².